The number of amides is 1. The predicted molar refractivity (Wildman–Crippen MR) is 125 cm³/mol. The Morgan fingerprint density at radius 1 is 0.970 bits per heavy atom. The van der Waals surface area contributed by atoms with Gasteiger partial charge in [-0.05, 0) is 73.9 Å². The SMILES string of the molecule is Cc1ccc(NC(=O)Cn2cc(C(=O)c3ccncc3)c(=O)c3cc(C)c(F)cc32)cc1C. The van der Waals surface area contributed by atoms with Gasteiger partial charge in [0.2, 0.25) is 11.3 Å². The van der Waals surface area contributed by atoms with E-state index in [2.05, 4.69) is 10.3 Å². The summed E-state index contributed by atoms with van der Waals surface area (Å²) in [4.78, 5) is 42.9. The van der Waals surface area contributed by atoms with Gasteiger partial charge < -0.3 is 9.88 Å². The zero-order chi connectivity index (χ0) is 23.7. The van der Waals surface area contributed by atoms with Crippen molar-refractivity contribution in [1.82, 2.24) is 9.55 Å². The van der Waals surface area contributed by atoms with Gasteiger partial charge in [0.05, 0.1) is 11.1 Å². The van der Waals surface area contributed by atoms with Gasteiger partial charge in [-0.25, -0.2) is 4.39 Å². The molecule has 0 aliphatic carbocycles. The molecule has 0 aliphatic rings. The van der Waals surface area contributed by atoms with Crippen molar-refractivity contribution in [2.45, 2.75) is 27.3 Å². The number of fused-ring (bicyclic) bond motifs is 1. The molecule has 166 valence electrons. The number of aromatic nitrogens is 2. The molecule has 0 saturated carbocycles. The van der Waals surface area contributed by atoms with Crippen LogP contribution in [0.25, 0.3) is 10.9 Å². The number of rotatable bonds is 5. The number of halogens is 1. The summed E-state index contributed by atoms with van der Waals surface area (Å²) < 4.78 is 15.8. The standard InChI is InChI=1S/C26H22FN3O3/c1-15-4-5-19(10-16(15)2)29-24(31)14-30-13-21(25(32)18-6-8-28-9-7-18)26(33)20-11-17(3)22(27)12-23(20)30/h4-13H,14H2,1-3H3,(H,29,31). The van der Waals surface area contributed by atoms with E-state index >= 15 is 0 Å². The summed E-state index contributed by atoms with van der Waals surface area (Å²) >= 11 is 0. The third-order valence-electron chi connectivity index (χ3n) is 5.65. The molecule has 2 aromatic heterocycles. The maximum atomic E-state index is 14.4. The summed E-state index contributed by atoms with van der Waals surface area (Å²) in [5.41, 5.74) is 2.96. The molecule has 2 aromatic carbocycles. The number of hydrogen-bond donors (Lipinski definition) is 1. The summed E-state index contributed by atoms with van der Waals surface area (Å²) in [5, 5.41) is 2.99. The first-order valence-corrected chi connectivity index (χ1v) is 10.4. The normalized spacial score (nSPS) is 10.9. The lowest BCUT2D eigenvalue weighted by molar-refractivity contribution is -0.116. The average molecular weight is 443 g/mol. The van der Waals surface area contributed by atoms with Gasteiger partial charge in [-0.3, -0.25) is 19.4 Å². The molecule has 0 radical (unpaired) electrons. The molecule has 0 unspecified atom stereocenters. The fourth-order valence-corrected chi connectivity index (χ4v) is 3.65. The van der Waals surface area contributed by atoms with E-state index in [9.17, 15) is 18.8 Å². The number of carbonyl (C=O) groups excluding carboxylic acids is 2. The molecule has 33 heavy (non-hydrogen) atoms. The Bertz CT molecular complexity index is 1460. The lowest BCUT2D eigenvalue weighted by Crippen LogP contribution is -2.24. The van der Waals surface area contributed by atoms with Gasteiger partial charge in [-0.15, -0.1) is 0 Å². The topological polar surface area (TPSA) is 81.1 Å². The summed E-state index contributed by atoms with van der Waals surface area (Å²) in [6.07, 6.45) is 4.24. The second-order valence-corrected chi connectivity index (χ2v) is 8.03. The molecular formula is C26H22FN3O3. The Kier molecular flexibility index (Phi) is 5.87. The van der Waals surface area contributed by atoms with Crippen LogP contribution in [0.4, 0.5) is 10.1 Å². The van der Waals surface area contributed by atoms with Crippen LogP contribution < -0.4 is 10.7 Å². The second-order valence-electron chi connectivity index (χ2n) is 8.03. The molecule has 7 heteroatoms. The largest absolute Gasteiger partial charge is 0.337 e. The van der Waals surface area contributed by atoms with Crippen LogP contribution in [0.5, 0.6) is 0 Å². The van der Waals surface area contributed by atoms with Crippen molar-refractivity contribution < 1.29 is 14.0 Å². The highest BCUT2D eigenvalue weighted by Crippen LogP contribution is 2.20. The van der Waals surface area contributed by atoms with Crippen LogP contribution in [0.3, 0.4) is 0 Å². The first kappa shape index (κ1) is 22.1. The maximum absolute atomic E-state index is 14.4. The molecule has 0 fully saturated rings. The molecule has 1 N–H and O–H groups in total. The third-order valence-corrected chi connectivity index (χ3v) is 5.65. The summed E-state index contributed by atoms with van der Waals surface area (Å²) in [6.45, 7) is 5.26. The molecule has 2 heterocycles. The number of benzene rings is 2. The number of carbonyl (C=O) groups is 2. The van der Waals surface area contributed by atoms with Gasteiger partial charge >= 0.3 is 0 Å². The Labute approximate surface area is 189 Å². The van der Waals surface area contributed by atoms with Crippen LogP contribution >= 0.6 is 0 Å². The minimum atomic E-state index is -0.513. The molecule has 0 atom stereocenters. The van der Waals surface area contributed by atoms with Crippen molar-refractivity contribution in [1.29, 1.82) is 0 Å². The lowest BCUT2D eigenvalue weighted by Gasteiger charge is -2.15. The number of aryl methyl sites for hydroxylation is 3. The molecule has 0 spiro atoms. The minimum Gasteiger partial charge on any atom is -0.337 e. The maximum Gasteiger partial charge on any atom is 0.244 e. The van der Waals surface area contributed by atoms with E-state index in [4.69, 9.17) is 0 Å². The van der Waals surface area contributed by atoms with Crippen molar-refractivity contribution >= 4 is 28.3 Å². The van der Waals surface area contributed by atoms with E-state index in [1.165, 1.54) is 47.4 Å². The lowest BCUT2D eigenvalue weighted by atomic mass is 10.0. The number of ketones is 1. The van der Waals surface area contributed by atoms with Crippen LogP contribution in [0.15, 0.2) is 65.8 Å². The van der Waals surface area contributed by atoms with Crippen molar-refractivity contribution in [3.05, 3.63) is 105 Å². The van der Waals surface area contributed by atoms with Crippen molar-refractivity contribution in [3.8, 4) is 0 Å². The highest BCUT2D eigenvalue weighted by Gasteiger charge is 2.19. The highest BCUT2D eigenvalue weighted by atomic mass is 19.1. The number of nitrogens with one attached hydrogen (secondary N) is 1. The second kappa shape index (κ2) is 8.78. The average Bonchev–Trinajstić information content (AvgIpc) is 2.79. The van der Waals surface area contributed by atoms with E-state index in [0.29, 0.717) is 11.3 Å². The molecule has 6 nitrogen and oxygen atoms in total. The fourth-order valence-electron chi connectivity index (χ4n) is 3.65. The van der Waals surface area contributed by atoms with Crippen LogP contribution in [-0.2, 0) is 11.3 Å². The monoisotopic (exact) mass is 443 g/mol. The van der Waals surface area contributed by atoms with Crippen molar-refractivity contribution in [2.75, 3.05) is 5.32 Å². The number of nitrogens with zero attached hydrogens (tertiary/aromatic N) is 2. The van der Waals surface area contributed by atoms with E-state index in [0.717, 1.165) is 11.1 Å². The van der Waals surface area contributed by atoms with Gasteiger partial charge in [0, 0.05) is 35.2 Å². The van der Waals surface area contributed by atoms with Crippen molar-refractivity contribution in [2.24, 2.45) is 0 Å². The van der Waals surface area contributed by atoms with Gasteiger partial charge in [0.25, 0.3) is 0 Å². The van der Waals surface area contributed by atoms with Gasteiger partial charge in [-0.1, -0.05) is 6.07 Å². The zero-order valence-corrected chi connectivity index (χ0v) is 18.5. The Morgan fingerprint density at radius 3 is 2.39 bits per heavy atom. The first-order valence-electron chi connectivity index (χ1n) is 10.4. The first-order chi connectivity index (χ1) is 15.7. The zero-order valence-electron chi connectivity index (χ0n) is 18.5. The Hall–Kier alpha value is -4.13. The summed E-state index contributed by atoms with van der Waals surface area (Å²) in [6, 6.07) is 11.2. The molecule has 4 aromatic rings. The smallest absolute Gasteiger partial charge is 0.244 e. The van der Waals surface area contributed by atoms with Crippen LogP contribution in [-0.4, -0.2) is 21.2 Å². The quantitative estimate of drug-likeness (QED) is 0.466. The van der Waals surface area contributed by atoms with E-state index in [1.807, 2.05) is 26.0 Å². The van der Waals surface area contributed by atoms with Crippen LogP contribution in [0.1, 0.15) is 32.6 Å². The van der Waals surface area contributed by atoms with E-state index in [1.54, 1.807) is 13.0 Å². The Morgan fingerprint density at radius 2 is 1.70 bits per heavy atom. The van der Waals surface area contributed by atoms with E-state index in [-0.39, 0.29) is 34.5 Å². The summed E-state index contributed by atoms with van der Waals surface area (Å²) in [5.74, 6) is -1.36. The van der Waals surface area contributed by atoms with E-state index < -0.39 is 17.0 Å². The van der Waals surface area contributed by atoms with Crippen LogP contribution in [0.2, 0.25) is 0 Å². The predicted octanol–water partition coefficient (Wildman–Crippen LogP) is 4.33. The molecule has 0 saturated heterocycles. The highest BCUT2D eigenvalue weighted by molar-refractivity contribution is 6.10. The molecule has 4 rings (SSSR count). The number of anilines is 1. The van der Waals surface area contributed by atoms with Gasteiger partial charge in [0.1, 0.15) is 12.4 Å². The summed E-state index contributed by atoms with van der Waals surface area (Å²) in [7, 11) is 0. The molecule has 1 amide bonds. The molecule has 0 bridgehead atoms. The number of hydrogen-bond acceptors (Lipinski definition) is 4. The number of pyridine rings is 2. The fraction of sp³-hybridized carbons (Fsp3) is 0.154. The molecular weight excluding hydrogens is 421 g/mol. The van der Waals surface area contributed by atoms with Gasteiger partial charge in [-0.2, -0.15) is 0 Å². The Balaban J connectivity index is 1.78. The molecule has 0 aliphatic heterocycles. The van der Waals surface area contributed by atoms with Gasteiger partial charge in [0.15, 0.2) is 5.78 Å². The van der Waals surface area contributed by atoms with Crippen molar-refractivity contribution in [3.63, 3.8) is 0 Å². The van der Waals surface area contributed by atoms with Crippen LogP contribution in [0, 0.1) is 26.6 Å². The minimum absolute atomic E-state index is 0.0984. The third kappa shape index (κ3) is 4.43.